The molecular weight excluding hydrogens is 388 g/mol. The average Bonchev–Trinajstić information content (AvgIpc) is 3.37. The molecule has 3 amide bonds. The van der Waals surface area contributed by atoms with Crippen molar-refractivity contribution in [2.24, 2.45) is 0 Å². The van der Waals surface area contributed by atoms with E-state index in [-0.39, 0.29) is 30.9 Å². The summed E-state index contributed by atoms with van der Waals surface area (Å²) < 4.78 is 10.9. The zero-order valence-corrected chi connectivity index (χ0v) is 17.4. The van der Waals surface area contributed by atoms with Crippen LogP contribution in [0, 0.1) is 13.8 Å². The van der Waals surface area contributed by atoms with E-state index < -0.39 is 6.04 Å². The molecule has 0 radical (unpaired) electrons. The Morgan fingerprint density at radius 3 is 2.80 bits per heavy atom. The van der Waals surface area contributed by atoms with Crippen molar-refractivity contribution in [3.63, 3.8) is 0 Å². The second-order valence-electron chi connectivity index (χ2n) is 7.16. The second kappa shape index (κ2) is 9.43. The smallest absolute Gasteiger partial charge is 0.251 e. The van der Waals surface area contributed by atoms with Crippen molar-refractivity contribution < 1.29 is 23.6 Å². The predicted octanol–water partition coefficient (Wildman–Crippen LogP) is 1.34. The molecule has 2 aromatic rings. The number of nitrogens with one attached hydrogen (secondary N) is 2. The standard InChI is InChI=1S/C21H26N4O5/c1-13-17(14(2)30-24-13)12-29-16-7-4-6-15(10-16)20(27)23-11-19(26)25-9-5-8-18(25)21(28)22-3/h4,6-7,10,18H,5,8-9,11-12H2,1-3H3,(H,22,28)(H,23,27). The van der Waals surface area contributed by atoms with Gasteiger partial charge in [-0.05, 0) is 44.9 Å². The fourth-order valence-electron chi connectivity index (χ4n) is 3.45. The van der Waals surface area contributed by atoms with E-state index in [0.717, 1.165) is 17.7 Å². The van der Waals surface area contributed by atoms with Crippen molar-refractivity contribution in [3.05, 3.63) is 46.8 Å². The van der Waals surface area contributed by atoms with E-state index in [1.165, 1.54) is 4.90 Å². The summed E-state index contributed by atoms with van der Waals surface area (Å²) in [6, 6.07) is 6.24. The molecule has 1 aliphatic rings. The molecule has 9 nitrogen and oxygen atoms in total. The summed E-state index contributed by atoms with van der Waals surface area (Å²) in [5.41, 5.74) is 2.01. The molecule has 9 heteroatoms. The Morgan fingerprint density at radius 2 is 2.10 bits per heavy atom. The van der Waals surface area contributed by atoms with Gasteiger partial charge in [0.25, 0.3) is 5.91 Å². The number of nitrogens with zero attached hydrogens (tertiary/aromatic N) is 2. The maximum Gasteiger partial charge on any atom is 0.251 e. The highest BCUT2D eigenvalue weighted by Gasteiger charge is 2.33. The molecule has 160 valence electrons. The number of ether oxygens (including phenoxy) is 1. The SMILES string of the molecule is CNC(=O)C1CCCN1C(=O)CNC(=O)c1cccc(OCc2c(C)noc2C)c1. The third-order valence-corrected chi connectivity index (χ3v) is 5.18. The number of aromatic nitrogens is 1. The maximum atomic E-state index is 12.5. The summed E-state index contributed by atoms with van der Waals surface area (Å²) in [6.45, 7) is 4.27. The first-order valence-electron chi connectivity index (χ1n) is 9.84. The lowest BCUT2D eigenvalue weighted by Crippen LogP contribution is -2.48. The number of rotatable bonds is 7. The third-order valence-electron chi connectivity index (χ3n) is 5.18. The van der Waals surface area contributed by atoms with Crippen molar-refractivity contribution in [1.82, 2.24) is 20.7 Å². The molecular formula is C21H26N4O5. The fraction of sp³-hybridized carbons (Fsp3) is 0.429. The molecule has 0 spiro atoms. The lowest BCUT2D eigenvalue weighted by atomic mass is 10.2. The molecule has 1 fully saturated rings. The summed E-state index contributed by atoms with van der Waals surface area (Å²) >= 11 is 0. The molecule has 0 aliphatic carbocycles. The minimum absolute atomic E-state index is 0.170. The molecule has 3 rings (SSSR count). The van der Waals surface area contributed by atoms with Crippen LogP contribution in [-0.4, -0.2) is 54.0 Å². The van der Waals surface area contributed by atoms with Crippen LogP contribution in [0.1, 0.15) is 40.2 Å². The Bertz CT molecular complexity index is 920. The normalized spacial score (nSPS) is 15.7. The van der Waals surface area contributed by atoms with Gasteiger partial charge >= 0.3 is 0 Å². The Morgan fingerprint density at radius 1 is 1.30 bits per heavy atom. The van der Waals surface area contributed by atoms with E-state index in [9.17, 15) is 14.4 Å². The number of amides is 3. The van der Waals surface area contributed by atoms with Gasteiger partial charge in [0.1, 0.15) is 24.2 Å². The van der Waals surface area contributed by atoms with Gasteiger partial charge in [-0.25, -0.2) is 0 Å². The minimum atomic E-state index is -0.472. The van der Waals surface area contributed by atoms with Crippen LogP contribution in [0.2, 0.25) is 0 Å². The van der Waals surface area contributed by atoms with Gasteiger partial charge in [-0.1, -0.05) is 11.2 Å². The lowest BCUT2D eigenvalue weighted by molar-refractivity contribution is -0.137. The highest BCUT2D eigenvalue weighted by atomic mass is 16.5. The van der Waals surface area contributed by atoms with Crippen LogP contribution in [0.15, 0.2) is 28.8 Å². The zero-order chi connectivity index (χ0) is 21.7. The van der Waals surface area contributed by atoms with E-state index in [1.54, 1.807) is 31.3 Å². The molecule has 30 heavy (non-hydrogen) atoms. The van der Waals surface area contributed by atoms with Crippen molar-refractivity contribution in [2.75, 3.05) is 20.1 Å². The van der Waals surface area contributed by atoms with Crippen LogP contribution in [-0.2, 0) is 16.2 Å². The van der Waals surface area contributed by atoms with Crippen molar-refractivity contribution in [3.8, 4) is 5.75 Å². The van der Waals surface area contributed by atoms with Gasteiger partial charge in [-0.2, -0.15) is 0 Å². The number of carbonyl (C=O) groups is 3. The molecule has 1 atom stereocenters. The maximum absolute atomic E-state index is 12.5. The van der Waals surface area contributed by atoms with Crippen LogP contribution in [0.5, 0.6) is 5.75 Å². The molecule has 1 aliphatic heterocycles. The number of hydrogen-bond acceptors (Lipinski definition) is 6. The molecule has 0 bridgehead atoms. The van der Waals surface area contributed by atoms with E-state index in [1.807, 2.05) is 13.8 Å². The average molecular weight is 414 g/mol. The summed E-state index contributed by atoms with van der Waals surface area (Å²) in [6.07, 6.45) is 1.40. The van der Waals surface area contributed by atoms with Crippen molar-refractivity contribution >= 4 is 17.7 Å². The summed E-state index contributed by atoms with van der Waals surface area (Å²) in [5, 5.41) is 9.09. The van der Waals surface area contributed by atoms with E-state index in [4.69, 9.17) is 9.26 Å². The first kappa shape index (κ1) is 21.4. The number of likely N-dealkylation sites (tertiary alicyclic amines) is 1. The Kier molecular flexibility index (Phi) is 6.71. The van der Waals surface area contributed by atoms with Crippen molar-refractivity contribution in [1.29, 1.82) is 0 Å². The predicted molar refractivity (Wildman–Crippen MR) is 108 cm³/mol. The van der Waals surface area contributed by atoms with Gasteiger partial charge in [-0.3, -0.25) is 14.4 Å². The lowest BCUT2D eigenvalue weighted by Gasteiger charge is -2.23. The van der Waals surface area contributed by atoms with Crippen LogP contribution in [0.3, 0.4) is 0 Å². The van der Waals surface area contributed by atoms with E-state index >= 15 is 0 Å². The molecule has 2 heterocycles. The van der Waals surface area contributed by atoms with Gasteiger partial charge in [0, 0.05) is 19.2 Å². The molecule has 1 aromatic heterocycles. The highest BCUT2D eigenvalue weighted by Crippen LogP contribution is 2.19. The zero-order valence-electron chi connectivity index (χ0n) is 17.4. The fourth-order valence-corrected chi connectivity index (χ4v) is 3.45. The summed E-state index contributed by atoms with van der Waals surface area (Å²) in [4.78, 5) is 38.4. The minimum Gasteiger partial charge on any atom is -0.489 e. The van der Waals surface area contributed by atoms with Crippen LogP contribution in [0.4, 0.5) is 0 Å². The first-order valence-corrected chi connectivity index (χ1v) is 9.84. The topological polar surface area (TPSA) is 114 Å². The molecule has 2 N–H and O–H groups in total. The van der Waals surface area contributed by atoms with Gasteiger partial charge < -0.3 is 24.8 Å². The highest BCUT2D eigenvalue weighted by molar-refractivity contribution is 5.97. The van der Waals surface area contributed by atoms with Gasteiger partial charge in [0.2, 0.25) is 11.8 Å². The number of likely N-dealkylation sites (N-methyl/N-ethyl adjacent to an activating group) is 1. The number of hydrogen-bond donors (Lipinski definition) is 2. The van der Waals surface area contributed by atoms with Gasteiger partial charge in [0.15, 0.2) is 0 Å². The van der Waals surface area contributed by atoms with Crippen LogP contribution < -0.4 is 15.4 Å². The van der Waals surface area contributed by atoms with Gasteiger partial charge in [0.05, 0.1) is 17.8 Å². The quantitative estimate of drug-likeness (QED) is 0.707. The third kappa shape index (κ3) is 4.79. The van der Waals surface area contributed by atoms with Crippen LogP contribution >= 0.6 is 0 Å². The molecule has 1 saturated heterocycles. The molecule has 1 aromatic carbocycles. The summed E-state index contributed by atoms with van der Waals surface area (Å²) in [7, 11) is 1.55. The van der Waals surface area contributed by atoms with E-state index in [2.05, 4.69) is 15.8 Å². The van der Waals surface area contributed by atoms with E-state index in [0.29, 0.717) is 30.0 Å². The number of benzene rings is 1. The first-order chi connectivity index (χ1) is 14.4. The van der Waals surface area contributed by atoms with Gasteiger partial charge in [-0.15, -0.1) is 0 Å². The Balaban J connectivity index is 1.56. The monoisotopic (exact) mass is 414 g/mol. The number of carbonyl (C=O) groups excluding carboxylic acids is 3. The van der Waals surface area contributed by atoms with Crippen LogP contribution in [0.25, 0.3) is 0 Å². The number of aryl methyl sites for hydroxylation is 2. The van der Waals surface area contributed by atoms with Crippen molar-refractivity contribution in [2.45, 2.75) is 39.3 Å². The Labute approximate surface area is 174 Å². The molecule has 1 unspecified atom stereocenters. The summed E-state index contributed by atoms with van der Waals surface area (Å²) in [5.74, 6) is 0.363. The largest absolute Gasteiger partial charge is 0.489 e. The molecule has 0 saturated carbocycles. The second-order valence-corrected chi connectivity index (χ2v) is 7.16. The Hall–Kier alpha value is -3.36.